The average Bonchev–Trinajstić information content (AvgIpc) is 2.94. The van der Waals surface area contributed by atoms with E-state index in [1.54, 1.807) is 0 Å². The minimum Gasteiger partial charge on any atom is -0.488 e. The van der Waals surface area contributed by atoms with Crippen molar-refractivity contribution in [1.29, 1.82) is 0 Å². The lowest BCUT2D eigenvalue weighted by atomic mass is 9.86. The van der Waals surface area contributed by atoms with Gasteiger partial charge >= 0.3 is 12.3 Å². The van der Waals surface area contributed by atoms with Crippen LogP contribution < -0.4 is 9.64 Å². The van der Waals surface area contributed by atoms with Crippen molar-refractivity contribution in [2.75, 3.05) is 18.1 Å². The van der Waals surface area contributed by atoms with E-state index in [-0.39, 0.29) is 48.9 Å². The first kappa shape index (κ1) is 30.4. The van der Waals surface area contributed by atoms with Crippen LogP contribution in [0.1, 0.15) is 42.9 Å². The predicted molar refractivity (Wildman–Crippen MR) is 148 cm³/mol. The van der Waals surface area contributed by atoms with Crippen LogP contribution in [-0.4, -0.2) is 62.5 Å². The number of hydrogen-bond donors (Lipinski definition) is 2. The van der Waals surface area contributed by atoms with E-state index in [1.165, 1.54) is 23.4 Å². The number of benzene rings is 2. The summed E-state index contributed by atoms with van der Waals surface area (Å²) in [6.07, 6.45) is -0.805. The molecule has 12 heteroatoms. The highest BCUT2D eigenvalue weighted by Gasteiger charge is 2.41. The molecule has 41 heavy (non-hydrogen) atoms. The van der Waals surface area contributed by atoms with Gasteiger partial charge in [0.25, 0.3) is 0 Å². The first-order chi connectivity index (χ1) is 19.6. The summed E-state index contributed by atoms with van der Waals surface area (Å²) in [5, 5.41) is 19.1. The summed E-state index contributed by atoms with van der Waals surface area (Å²) < 4.78 is 46.2. The number of rotatable bonds is 10. The minimum absolute atomic E-state index is 0.0205. The fourth-order valence-electron chi connectivity index (χ4n) is 5.41. The summed E-state index contributed by atoms with van der Waals surface area (Å²) in [5.41, 5.74) is 0.446. The molecule has 0 aliphatic carbocycles. The Hall–Kier alpha value is -3.57. The van der Waals surface area contributed by atoms with Crippen LogP contribution in [0.3, 0.4) is 0 Å². The third-order valence-corrected chi connectivity index (χ3v) is 7.41. The predicted octanol–water partition coefficient (Wildman–Crippen LogP) is 6.06. The molecule has 1 aliphatic rings. The number of aromatic nitrogens is 2. The van der Waals surface area contributed by atoms with E-state index < -0.39 is 17.8 Å². The summed E-state index contributed by atoms with van der Waals surface area (Å²) in [6.45, 7) is 1.81. The molecule has 2 N–H and O–H groups in total. The van der Waals surface area contributed by atoms with Gasteiger partial charge in [-0.25, -0.2) is 14.8 Å². The molecule has 3 aromatic rings. The lowest BCUT2D eigenvalue weighted by Gasteiger charge is -2.47. The van der Waals surface area contributed by atoms with Crippen molar-refractivity contribution in [2.45, 2.75) is 63.5 Å². The number of anilines is 1. The number of halogens is 4. The van der Waals surface area contributed by atoms with Gasteiger partial charge in [0.15, 0.2) is 5.75 Å². The van der Waals surface area contributed by atoms with Crippen molar-refractivity contribution in [1.82, 2.24) is 14.9 Å². The Morgan fingerprint density at radius 1 is 1.10 bits per heavy atom. The van der Waals surface area contributed by atoms with Crippen LogP contribution in [0.25, 0.3) is 0 Å². The molecular formula is C29H32ClF3N4O4. The molecule has 1 amide bonds. The summed E-state index contributed by atoms with van der Waals surface area (Å²) in [4.78, 5) is 24.6. The Kier molecular flexibility index (Phi) is 9.93. The van der Waals surface area contributed by atoms with E-state index in [4.69, 9.17) is 21.4 Å². The van der Waals surface area contributed by atoms with Gasteiger partial charge in [-0.1, -0.05) is 48.9 Å². The van der Waals surface area contributed by atoms with E-state index in [0.717, 1.165) is 17.7 Å². The molecule has 8 nitrogen and oxygen atoms in total. The Morgan fingerprint density at radius 3 is 2.39 bits per heavy atom. The zero-order valence-electron chi connectivity index (χ0n) is 22.5. The van der Waals surface area contributed by atoms with Gasteiger partial charge in [-0.2, -0.15) is 13.2 Å². The van der Waals surface area contributed by atoms with Crippen molar-refractivity contribution in [3.8, 4) is 5.75 Å². The number of piperidine rings is 1. The third kappa shape index (κ3) is 7.80. The van der Waals surface area contributed by atoms with E-state index in [1.807, 2.05) is 42.2 Å². The number of carboxylic acid groups (broad SMARTS) is 1. The molecule has 3 unspecified atom stereocenters. The fourth-order valence-corrected chi connectivity index (χ4v) is 5.67. The number of likely N-dealkylation sites (tertiary alicyclic amines) is 1. The topological polar surface area (TPSA) is 99.0 Å². The highest BCUT2D eigenvalue weighted by molar-refractivity contribution is 6.30. The Balaban J connectivity index is 1.72. The maximum absolute atomic E-state index is 13.6. The molecule has 1 aromatic heterocycles. The van der Waals surface area contributed by atoms with E-state index in [2.05, 4.69) is 9.97 Å². The number of amides is 1. The highest BCUT2D eigenvalue weighted by atomic mass is 35.5. The van der Waals surface area contributed by atoms with Gasteiger partial charge in [0.1, 0.15) is 6.61 Å². The maximum Gasteiger partial charge on any atom is 0.416 e. The Labute approximate surface area is 241 Å². The van der Waals surface area contributed by atoms with Gasteiger partial charge in [-0.15, -0.1) is 0 Å². The Morgan fingerprint density at radius 2 is 1.78 bits per heavy atom. The third-order valence-electron chi connectivity index (χ3n) is 7.19. The SMILES string of the molecule is CCC1CC(N(Cc2cc(Cl)cc(C(F)(F)F)c2)c2ncc(OCCO)cn2)CC(Cc2ccccc2)N1C(=O)O. The van der Waals surface area contributed by atoms with Crippen molar-refractivity contribution in [3.05, 3.63) is 82.6 Å². The molecule has 0 spiro atoms. The van der Waals surface area contributed by atoms with Crippen molar-refractivity contribution < 1.29 is 32.9 Å². The summed E-state index contributed by atoms with van der Waals surface area (Å²) in [5.74, 6) is 0.593. The van der Waals surface area contributed by atoms with Crippen LogP contribution >= 0.6 is 11.6 Å². The molecule has 0 bridgehead atoms. The van der Waals surface area contributed by atoms with E-state index in [9.17, 15) is 23.1 Å². The van der Waals surface area contributed by atoms with Crippen LogP contribution in [-0.2, 0) is 19.1 Å². The standard InChI is InChI=1S/C29H32ClF3N4O4/c1-2-23-14-24(15-25(37(23)28(39)40)12-19-6-4-3-5-7-19)36(27-34-16-26(17-35-27)41-9-8-38)18-20-10-21(29(31,32)33)13-22(30)11-20/h3-7,10-11,13,16-17,23-25,38H,2,8-9,12,14-15,18H2,1H3,(H,39,40). The number of ether oxygens (including phenoxy) is 1. The minimum atomic E-state index is -4.58. The van der Waals surface area contributed by atoms with Crippen LogP contribution in [0.15, 0.2) is 60.9 Å². The monoisotopic (exact) mass is 592 g/mol. The van der Waals surface area contributed by atoms with Crippen molar-refractivity contribution in [2.24, 2.45) is 0 Å². The van der Waals surface area contributed by atoms with Crippen LogP contribution in [0.2, 0.25) is 5.02 Å². The number of hydrogen-bond acceptors (Lipinski definition) is 6. The molecule has 220 valence electrons. The molecule has 2 aromatic carbocycles. The number of aliphatic hydroxyl groups excluding tert-OH is 1. The van der Waals surface area contributed by atoms with Gasteiger partial charge in [0.05, 0.1) is 24.6 Å². The number of carbonyl (C=O) groups is 1. The Bertz CT molecular complexity index is 1300. The zero-order chi connectivity index (χ0) is 29.6. The smallest absolute Gasteiger partial charge is 0.416 e. The van der Waals surface area contributed by atoms with Gasteiger partial charge in [-0.3, -0.25) is 0 Å². The van der Waals surface area contributed by atoms with E-state index >= 15 is 0 Å². The number of nitrogens with zero attached hydrogens (tertiary/aromatic N) is 4. The summed E-state index contributed by atoms with van der Waals surface area (Å²) >= 11 is 6.09. The molecule has 1 fully saturated rings. The maximum atomic E-state index is 13.6. The van der Waals surface area contributed by atoms with E-state index in [0.29, 0.717) is 37.0 Å². The largest absolute Gasteiger partial charge is 0.488 e. The van der Waals surface area contributed by atoms with Crippen LogP contribution in [0.5, 0.6) is 5.75 Å². The lowest BCUT2D eigenvalue weighted by molar-refractivity contribution is -0.137. The molecule has 3 atom stereocenters. The summed E-state index contributed by atoms with van der Waals surface area (Å²) in [7, 11) is 0. The number of alkyl halides is 3. The van der Waals surface area contributed by atoms with Gasteiger partial charge in [0.2, 0.25) is 5.95 Å². The fraction of sp³-hybridized carbons (Fsp3) is 0.414. The van der Waals surface area contributed by atoms with Crippen molar-refractivity contribution >= 4 is 23.6 Å². The average molecular weight is 593 g/mol. The normalized spacial score (nSPS) is 19.2. The second kappa shape index (κ2) is 13.4. The zero-order valence-corrected chi connectivity index (χ0v) is 23.2. The molecule has 0 saturated carbocycles. The second-order valence-electron chi connectivity index (χ2n) is 9.99. The van der Waals surface area contributed by atoms with Gasteiger partial charge < -0.3 is 24.7 Å². The quantitative estimate of drug-likeness (QED) is 0.295. The van der Waals surface area contributed by atoms with Gasteiger partial charge in [0, 0.05) is 29.7 Å². The molecular weight excluding hydrogens is 561 g/mol. The first-order valence-corrected chi connectivity index (χ1v) is 13.7. The lowest BCUT2D eigenvalue weighted by Crippen LogP contribution is -2.57. The van der Waals surface area contributed by atoms with Crippen LogP contribution in [0, 0.1) is 0 Å². The second-order valence-corrected chi connectivity index (χ2v) is 10.4. The highest BCUT2D eigenvalue weighted by Crippen LogP contribution is 2.35. The summed E-state index contributed by atoms with van der Waals surface area (Å²) in [6, 6.07) is 12.0. The molecule has 2 heterocycles. The molecule has 1 saturated heterocycles. The molecule has 4 rings (SSSR count). The molecule has 0 radical (unpaired) electrons. The number of aliphatic hydroxyl groups is 1. The molecule has 1 aliphatic heterocycles. The van der Waals surface area contributed by atoms with Crippen LogP contribution in [0.4, 0.5) is 23.9 Å². The van der Waals surface area contributed by atoms with Gasteiger partial charge in [-0.05, 0) is 55.0 Å². The van der Waals surface area contributed by atoms with Crippen molar-refractivity contribution in [3.63, 3.8) is 0 Å². The first-order valence-electron chi connectivity index (χ1n) is 13.3.